The quantitative estimate of drug-likeness (QED) is 0.786. The number of aromatic nitrogens is 2. The highest BCUT2D eigenvalue weighted by molar-refractivity contribution is 5.85. The molecule has 1 atom stereocenters. The van der Waals surface area contributed by atoms with Gasteiger partial charge in [0.15, 0.2) is 0 Å². The Morgan fingerprint density at radius 1 is 1.22 bits per heavy atom. The largest absolute Gasteiger partial charge is 0.494 e. The highest BCUT2D eigenvalue weighted by atomic mass is 35.5. The predicted molar refractivity (Wildman–Crippen MR) is 110 cm³/mol. The van der Waals surface area contributed by atoms with Crippen LogP contribution in [0.2, 0.25) is 0 Å². The molecule has 0 bridgehead atoms. The van der Waals surface area contributed by atoms with Crippen molar-refractivity contribution in [1.82, 2.24) is 19.8 Å². The normalized spacial score (nSPS) is 20.5. The van der Waals surface area contributed by atoms with Crippen LogP contribution in [0, 0.1) is 5.41 Å². The first-order valence-corrected chi connectivity index (χ1v) is 9.83. The van der Waals surface area contributed by atoms with Gasteiger partial charge < -0.3 is 14.6 Å². The van der Waals surface area contributed by atoms with E-state index >= 15 is 0 Å². The fraction of sp³-hybridized carbons (Fsp3) is 0.571. The first kappa shape index (κ1) is 20.2. The number of nitrogens with zero attached hydrogens (tertiary/aromatic N) is 3. The number of ether oxygens (including phenoxy) is 1. The second kappa shape index (κ2) is 8.63. The molecule has 1 unspecified atom stereocenters. The Morgan fingerprint density at radius 2 is 1.96 bits per heavy atom. The van der Waals surface area contributed by atoms with E-state index in [0.717, 1.165) is 37.8 Å². The zero-order chi connectivity index (χ0) is 18.0. The maximum atomic E-state index is 5.58. The van der Waals surface area contributed by atoms with Crippen LogP contribution < -0.4 is 10.1 Å². The third-order valence-electron chi connectivity index (χ3n) is 6.07. The van der Waals surface area contributed by atoms with E-state index in [1.807, 2.05) is 19.3 Å². The van der Waals surface area contributed by atoms with E-state index in [9.17, 15) is 0 Å². The molecule has 27 heavy (non-hydrogen) atoms. The monoisotopic (exact) mass is 390 g/mol. The van der Waals surface area contributed by atoms with Crippen LogP contribution in [0.4, 0.5) is 0 Å². The zero-order valence-electron chi connectivity index (χ0n) is 16.4. The number of aryl methyl sites for hydroxylation is 1. The summed E-state index contributed by atoms with van der Waals surface area (Å²) in [6.07, 6.45) is 7.88. The summed E-state index contributed by atoms with van der Waals surface area (Å²) in [7, 11) is 2.09. The zero-order valence-corrected chi connectivity index (χ0v) is 17.2. The van der Waals surface area contributed by atoms with Crippen molar-refractivity contribution in [2.75, 3.05) is 19.7 Å². The highest BCUT2D eigenvalue weighted by Crippen LogP contribution is 2.56. The summed E-state index contributed by atoms with van der Waals surface area (Å²) < 4.78 is 7.72. The van der Waals surface area contributed by atoms with E-state index in [1.54, 1.807) is 0 Å². The number of piperidine rings is 1. The first-order valence-electron chi connectivity index (χ1n) is 9.83. The summed E-state index contributed by atoms with van der Waals surface area (Å²) in [6, 6.07) is 9.26. The summed E-state index contributed by atoms with van der Waals surface area (Å²) in [4.78, 5) is 7.21. The van der Waals surface area contributed by atoms with Gasteiger partial charge in [0.25, 0.3) is 0 Å². The van der Waals surface area contributed by atoms with Crippen LogP contribution in [-0.2, 0) is 20.1 Å². The predicted octanol–water partition coefficient (Wildman–Crippen LogP) is 3.38. The van der Waals surface area contributed by atoms with Crippen molar-refractivity contribution in [3.05, 3.63) is 48.0 Å². The number of hydrogen-bond acceptors (Lipinski definition) is 4. The van der Waals surface area contributed by atoms with E-state index in [-0.39, 0.29) is 12.4 Å². The molecule has 2 fully saturated rings. The van der Waals surface area contributed by atoms with Gasteiger partial charge in [-0.3, -0.25) is 4.90 Å². The molecule has 2 aliphatic rings. The van der Waals surface area contributed by atoms with Crippen LogP contribution in [0.25, 0.3) is 0 Å². The van der Waals surface area contributed by atoms with E-state index in [0.29, 0.717) is 18.1 Å². The fourth-order valence-electron chi connectivity index (χ4n) is 4.40. The molecule has 1 N–H and O–H groups in total. The Morgan fingerprint density at radius 3 is 2.59 bits per heavy atom. The minimum Gasteiger partial charge on any atom is -0.494 e. The number of hydrogen-bond donors (Lipinski definition) is 1. The van der Waals surface area contributed by atoms with Crippen molar-refractivity contribution in [3.63, 3.8) is 0 Å². The van der Waals surface area contributed by atoms with Crippen molar-refractivity contribution in [1.29, 1.82) is 0 Å². The van der Waals surface area contributed by atoms with Crippen LogP contribution in [0.5, 0.6) is 5.75 Å². The molecule has 5 nitrogen and oxygen atoms in total. The molecule has 1 aliphatic heterocycles. The molecule has 2 aromatic rings. The maximum absolute atomic E-state index is 5.58. The van der Waals surface area contributed by atoms with E-state index < -0.39 is 0 Å². The van der Waals surface area contributed by atoms with Crippen LogP contribution in [0.1, 0.15) is 37.6 Å². The topological polar surface area (TPSA) is 42.3 Å². The second-order valence-electron chi connectivity index (χ2n) is 7.77. The summed E-state index contributed by atoms with van der Waals surface area (Å²) in [5, 5.41) is 3.51. The average Bonchev–Trinajstić information content (AvgIpc) is 3.18. The standard InChI is InChI=1S/C21H30N4O.ClH/c1-3-26-18-6-4-17(5-7-18)15-25(16-20-23-12-13-24(20)2)19-14-21(19)8-10-22-11-9-21;/h4-7,12-13,19,22H,3,8-11,14-16H2,1-2H3;1H. The molecule has 1 aromatic carbocycles. The van der Waals surface area contributed by atoms with Gasteiger partial charge in [0.2, 0.25) is 0 Å². The van der Waals surface area contributed by atoms with Crippen LogP contribution in [0.15, 0.2) is 36.7 Å². The molecular formula is C21H31ClN4O. The molecule has 1 saturated heterocycles. The minimum atomic E-state index is 0. The SMILES string of the molecule is CCOc1ccc(CN(Cc2nccn2C)C2CC23CCNCC3)cc1.Cl. The van der Waals surface area contributed by atoms with Gasteiger partial charge >= 0.3 is 0 Å². The van der Waals surface area contributed by atoms with Gasteiger partial charge in [-0.1, -0.05) is 12.1 Å². The van der Waals surface area contributed by atoms with Gasteiger partial charge in [0.05, 0.1) is 13.2 Å². The summed E-state index contributed by atoms with van der Waals surface area (Å²) >= 11 is 0. The van der Waals surface area contributed by atoms with Gasteiger partial charge in [-0.25, -0.2) is 4.98 Å². The number of imidazole rings is 1. The summed E-state index contributed by atoms with van der Waals surface area (Å²) in [5.41, 5.74) is 1.88. The van der Waals surface area contributed by atoms with Crippen molar-refractivity contribution in [2.24, 2.45) is 12.5 Å². The average molecular weight is 391 g/mol. The molecule has 6 heteroatoms. The Bertz CT molecular complexity index is 724. The molecule has 0 amide bonds. The molecule has 1 aliphatic carbocycles. The van der Waals surface area contributed by atoms with Gasteiger partial charge in [-0.2, -0.15) is 0 Å². The third kappa shape index (κ3) is 4.48. The third-order valence-corrected chi connectivity index (χ3v) is 6.07. The van der Waals surface area contributed by atoms with Crippen molar-refractivity contribution in [2.45, 2.75) is 45.3 Å². The first-order chi connectivity index (χ1) is 12.7. The lowest BCUT2D eigenvalue weighted by molar-refractivity contribution is 0.182. The molecule has 1 spiro atoms. The fourth-order valence-corrected chi connectivity index (χ4v) is 4.40. The number of benzene rings is 1. The highest BCUT2D eigenvalue weighted by Gasteiger charge is 2.56. The lowest BCUT2D eigenvalue weighted by atomic mass is 9.93. The molecular weight excluding hydrogens is 360 g/mol. The summed E-state index contributed by atoms with van der Waals surface area (Å²) in [5.74, 6) is 2.10. The molecule has 148 valence electrons. The van der Waals surface area contributed by atoms with Crippen molar-refractivity contribution in [3.8, 4) is 5.75 Å². The lowest BCUT2D eigenvalue weighted by Gasteiger charge is -2.29. The molecule has 0 radical (unpaired) electrons. The smallest absolute Gasteiger partial charge is 0.122 e. The van der Waals surface area contributed by atoms with Gasteiger partial charge in [0.1, 0.15) is 11.6 Å². The Labute approximate surface area is 168 Å². The second-order valence-corrected chi connectivity index (χ2v) is 7.77. The molecule has 4 rings (SSSR count). The van der Waals surface area contributed by atoms with Crippen molar-refractivity contribution < 1.29 is 4.74 Å². The van der Waals surface area contributed by atoms with Gasteiger partial charge in [-0.05, 0) is 62.4 Å². The van der Waals surface area contributed by atoms with E-state index in [1.165, 1.54) is 24.8 Å². The number of halogens is 1. The number of nitrogens with one attached hydrogen (secondary N) is 1. The maximum Gasteiger partial charge on any atom is 0.122 e. The van der Waals surface area contributed by atoms with E-state index in [4.69, 9.17) is 4.74 Å². The van der Waals surface area contributed by atoms with Gasteiger partial charge in [-0.15, -0.1) is 12.4 Å². The van der Waals surface area contributed by atoms with Crippen LogP contribution in [-0.4, -0.2) is 40.2 Å². The minimum absolute atomic E-state index is 0. The molecule has 2 heterocycles. The summed E-state index contributed by atoms with van der Waals surface area (Å²) in [6.45, 7) is 6.94. The lowest BCUT2D eigenvalue weighted by Crippen LogP contribution is -2.36. The Hall–Kier alpha value is -1.56. The molecule has 1 aromatic heterocycles. The Balaban J connectivity index is 0.00000210. The van der Waals surface area contributed by atoms with Gasteiger partial charge in [0, 0.05) is 32.0 Å². The van der Waals surface area contributed by atoms with Crippen molar-refractivity contribution >= 4 is 12.4 Å². The van der Waals surface area contributed by atoms with E-state index in [2.05, 4.69) is 51.1 Å². The molecule has 1 saturated carbocycles. The van der Waals surface area contributed by atoms with Crippen LogP contribution in [0.3, 0.4) is 0 Å². The number of rotatable bonds is 7. The van der Waals surface area contributed by atoms with Crippen LogP contribution >= 0.6 is 12.4 Å². The Kier molecular flexibility index (Phi) is 6.45.